The van der Waals surface area contributed by atoms with E-state index in [2.05, 4.69) is 24.0 Å². The number of fused-ring (bicyclic) bond motifs is 1. The topological polar surface area (TPSA) is 64.1 Å². The van der Waals surface area contributed by atoms with Crippen LogP contribution < -0.4 is 4.90 Å². The van der Waals surface area contributed by atoms with Gasteiger partial charge < -0.3 is 14.9 Å². The van der Waals surface area contributed by atoms with Gasteiger partial charge in [0.15, 0.2) is 0 Å². The largest absolute Gasteiger partial charge is 0.395 e. The molecular formula is C19H21N3O3S4. The zero-order chi connectivity index (χ0) is 20.7. The number of nitrogens with zero attached hydrogens (tertiary/aromatic N) is 3. The van der Waals surface area contributed by atoms with Crippen molar-refractivity contribution in [2.45, 2.75) is 24.1 Å². The highest BCUT2D eigenvalue weighted by Crippen LogP contribution is 2.49. The summed E-state index contributed by atoms with van der Waals surface area (Å²) >= 11 is 8.17. The number of thiocarbonyl (C=S) groups is 1. The molecule has 10 heteroatoms. The first kappa shape index (κ1) is 20.9. The molecule has 1 N–H and O–H groups in total. The molecule has 3 aliphatic rings. The van der Waals surface area contributed by atoms with Gasteiger partial charge in [0.2, 0.25) is 0 Å². The minimum Gasteiger partial charge on any atom is -0.395 e. The standard InChI is InChI=1S/C19H21N3O3S4/c1-3-20-11-14(17-21(4-2)12-7-5-6-8-13(12)27-17)29(25)18(20)15-16(24)22(9-10-23)19(26)28-15/h5-8,11,17,23H,3-4,9-10H2,1-2H3. The molecule has 0 aliphatic carbocycles. The van der Waals surface area contributed by atoms with Crippen molar-refractivity contribution in [3.8, 4) is 0 Å². The van der Waals surface area contributed by atoms with E-state index in [0.29, 0.717) is 20.8 Å². The van der Waals surface area contributed by atoms with Crippen LogP contribution in [0.1, 0.15) is 13.8 Å². The van der Waals surface area contributed by atoms with Crippen LogP contribution in [0.3, 0.4) is 0 Å². The summed E-state index contributed by atoms with van der Waals surface area (Å²) in [6, 6.07) is 8.20. The number of hydrogen-bond donors (Lipinski definition) is 1. The Labute approximate surface area is 186 Å². The molecule has 0 spiro atoms. The molecule has 154 valence electrons. The maximum atomic E-state index is 13.6. The average Bonchev–Trinajstić information content (AvgIpc) is 3.34. The molecule has 0 saturated carbocycles. The average molecular weight is 468 g/mol. The van der Waals surface area contributed by atoms with Gasteiger partial charge in [-0.2, -0.15) is 0 Å². The summed E-state index contributed by atoms with van der Waals surface area (Å²) in [6.45, 7) is 5.44. The lowest BCUT2D eigenvalue weighted by Crippen LogP contribution is -2.32. The molecule has 29 heavy (non-hydrogen) atoms. The Bertz CT molecular complexity index is 962. The number of β-amino-alcohol motifs (C(OH)–C–C–N with tert-alkyl or cyclic N) is 1. The molecule has 2 atom stereocenters. The number of anilines is 1. The monoisotopic (exact) mass is 467 g/mol. The van der Waals surface area contributed by atoms with Gasteiger partial charge in [0.05, 0.1) is 23.7 Å². The summed E-state index contributed by atoms with van der Waals surface area (Å²) in [5.41, 5.74) is 1.15. The van der Waals surface area contributed by atoms with Gasteiger partial charge in [-0.15, -0.1) is 0 Å². The van der Waals surface area contributed by atoms with Crippen LogP contribution in [0, 0.1) is 0 Å². The van der Waals surface area contributed by atoms with Crippen molar-refractivity contribution in [2.75, 3.05) is 31.1 Å². The van der Waals surface area contributed by atoms with E-state index in [0.717, 1.165) is 17.1 Å². The summed E-state index contributed by atoms with van der Waals surface area (Å²) in [6.07, 6.45) is 1.93. The van der Waals surface area contributed by atoms with E-state index in [1.807, 2.05) is 30.2 Å². The van der Waals surface area contributed by atoms with E-state index in [-0.39, 0.29) is 24.4 Å². The number of thioether (sulfide) groups is 2. The molecule has 1 amide bonds. The predicted molar refractivity (Wildman–Crippen MR) is 124 cm³/mol. The lowest BCUT2D eigenvalue weighted by molar-refractivity contribution is -0.122. The van der Waals surface area contributed by atoms with Gasteiger partial charge in [0, 0.05) is 24.2 Å². The number of benzene rings is 1. The molecule has 1 aromatic carbocycles. The van der Waals surface area contributed by atoms with Crippen molar-refractivity contribution in [1.82, 2.24) is 9.80 Å². The first-order valence-electron chi connectivity index (χ1n) is 9.33. The number of para-hydroxylation sites is 1. The minimum absolute atomic E-state index is 0.0765. The Kier molecular flexibility index (Phi) is 6.08. The lowest BCUT2D eigenvalue weighted by Gasteiger charge is -2.25. The molecule has 1 aromatic rings. The van der Waals surface area contributed by atoms with Gasteiger partial charge in [-0.1, -0.05) is 47.9 Å². The molecule has 0 bridgehead atoms. The highest BCUT2D eigenvalue weighted by Gasteiger charge is 2.43. The third-order valence-electron chi connectivity index (χ3n) is 4.92. The number of carbonyl (C=O) groups is 1. The number of carbonyl (C=O) groups excluding carboxylic acids is 1. The molecule has 1 saturated heterocycles. The number of likely N-dealkylation sites (N-methyl/N-ethyl adjacent to an activating group) is 1. The second-order valence-electron chi connectivity index (χ2n) is 6.49. The molecule has 0 radical (unpaired) electrons. The van der Waals surface area contributed by atoms with Gasteiger partial charge in [-0.05, 0) is 26.0 Å². The van der Waals surface area contributed by atoms with Crippen LogP contribution in [0.25, 0.3) is 0 Å². The molecule has 3 heterocycles. The van der Waals surface area contributed by atoms with E-state index in [9.17, 15) is 14.1 Å². The molecule has 1 fully saturated rings. The Morgan fingerprint density at radius 2 is 2.00 bits per heavy atom. The van der Waals surface area contributed by atoms with Crippen molar-refractivity contribution in [1.29, 1.82) is 0 Å². The van der Waals surface area contributed by atoms with Gasteiger partial charge >= 0.3 is 0 Å². The maximum Gasteiger partial charge on any atom is 0.269 e. The number of rotatable bonds is 5. The number of aliphatic hydroxyl groups is 1. The van der Waals surface area contributed by atoms with Gasteiger partial charge in [-0.25, -0.2) is 4.21 Å². The normalized spacial score (nSPS) is 26.6. The first-order valence-corrected chi connectivity index (χ1v) is 12.6. The Morgan fingerprint density at radius 1 is 1.24 bits per heavy atom. The fourth-order valence-corrected chi connectivity index (χ4v) is 8.28. The maximum absolute atomic E-state index is 13.6. The molecular weight excluding hydrogens is 446 g/mol. The zero-order valence-electron chi connectivity index (χ0n) is 16.0. The van der Waals surface area contributed by atoms with Crippen molar-refractivity contribution < 1.29 is 14.1 Å². The van der Waals surface area contributed by atoms with Gasteiger partial charge in [-0.3, -0.25) is 9.69 Å². The van der Waals surface area contributed by atoms with Crippen LogP contribution in [0.4, 0.5) is 5.69 Å². The van der Waals surface area contributed by atoms with E-state index in [1.54, 1.807) is 11.8 Å². The molecule has 3 aliphatic heterocycles. The number of aliphatic hydroxyl groups excluding tert-OH is 1. The van der Waals surface area contributed by atoms with Crippen LogP contribution >= 0.6 is 35.7 Å². The lowest BCUT2D eigenvalue weighted by atomic mass is 10.3. The fourth-order valence-electron chi connectivity index (χ4n) is 3.55. The third-order valence-corrected chi connectivity index (χ3v) is 9.52. The Hall–Kier alpha value is -1.33. The minimum atomic E-state index is -1.46. The van der Waals surface area contributed by atoms with Crippen molar-refractivity contribution in [2.24, 2.45) is 0 Å². The summed E-state index contributed by atoms with van der Waals surface area (Å²) in [5.74, 6) is -0.278. The zero-order valence-corrected chi connectivity index (χ0v) is 19.3. The molecule has 0 aromatic heterocycles. The second-order valence-corrected chi connectivity index (χ2v) is 10.7. The smallest absolute Gasteiger partial charge is 0.269 e. The van der Waals surface area contributed by atoms with Crippen LogP contribution in [-0.2, 0) is 15.6 Å². The van der Waals surface area contributed by atoms with Crippen LogP contribution in [-0.4, -0.2) is 61.0 Å². The quantitative estimate of drug-likeness (QED) is 0.524. The highest BCUT2D eigenvalue weighted by molar-refractivity contribution is 8.27. The second kappa shape index (κ2) is 8.43. The summed E-state index contributed by atoms with van der Waals surface area (Å²) in [4.78, 5) is 20.8. The number of hydrogen-bond acceptors (Lipinski definition) is 8. The summed E-state index contributed by atoms with van der Waals surface area (Å²) in [7, 11) is -1.46. The molecule has 4 rings (SSSR count). The summed E-state index contributed by atoms with van der Waals surface area (Å²) < 4.78 is 14.0. The van der Waals surface area contributed by atoms with Crippen molar-refractivity contribution >= 4 is 62.5 Å². The first-order chi connectivity index (χ1) is 14.0. The van der Waals surface area contributed by atoms with Crippen LogP contribution in [0.5, 0.6) is 0 Å². The fraction of sp³-hybridized carbons (Fsp3) is 0.368. The van der Waals surface area contributed by atoms with Gasteiger partial charge in [0.25, 0.3) is 5.91 Å². The van der Waals surface area contributed by atoms with Crippen molar-refractivity contribution in [3.63, 3.8) is 0 Å². The molecule has 2 unspecified atom stereocenters. The third kappa shape index (κ3) is 3.44. The van der Waals surface area contributed by atoms with E-state index in [4.69, 9.17) is 12.2 Å². The van der Waals surface area contributed by atoms with Crippen LogP contribution in [0.2, 0.25) is 0 Å². The Morgan fingerprint density at radius 3 is 2.69 bits per heavy atom. The molecule has 6 nitrogen and oxygen atoms in total. The van der Waals surface area contributed by atoms with Crippen molar-refractivity contribution in [3.05, 3.63) is 45.3 Å². The van der Waals surface area contributed by atoms with Crippen LogP contribution in [0.15, 0.2) is 50.2 Å². The van der Waals surface area contributed by atoms with E-state index >= 15 is 0 Å². The number of amides is 1. The van der Waals surface area contributed by atoms with E-state index < -0.39 is 10.8 Å². The van der Waals surface area contributed by atoms with E-state index in [1.165, 1.54) is 21.6 Å². The Balaban J connectivity index is 1.70. The highest BCUT2D eigenvalue weighted by atomic mass is 32.2. The predicted octanol–water partition coefficient (Wildman–Crippen LogP) is 2.89. The SMILES string of the molecule is CCN1C=C(C2Sc3ccccc3N2CC)S(=O)C1=C1SC(=S)N(CCO)C1=O. The van der Waals surface area contributed by atoms with Gasteiger partial charge in [0.1, 0.15) is 30.4 Å². The summed E-state index contributed by atoms with van der Waals surface area (Å²) in [5, 5.41) is 9.65.